The van der Waals surface area contributed by atoms with Crippen molar-refractivity contribution >= 4 is 38.1 Å². The van der Waals surface area contributed by atoms with Crippen molar-refractivity contribution in [2.24, 2.45) is 0 Å². The number of hydrogen-bond donors (Lipinski definition) is 2. The van der Waals surface area contributed by atoms with Gasteiger partial charge in [0, 0.05) is 32.3 Å². The van der Waals surface area contributed by atoms with E-state index < -0.39 is 9.84 Å². The van der Waals surface area contributed by atoms with E-state index in [0.29, 0.717) is 31.1 Å². The van der Waals surface area contributed by atoms with E-state index in [9.17, 15) is 13.2 Å². The summed E-state index contributed by atoms with van der Waals surface area (Å²) < 4.78 is 27.0. The maximum absolute atomic E-state index is 11.8. The zero-order chi connectivity index (χ0) is 15.3. The first kappa shape index (κ1) is 16.7. The van der Waals surface area contributed by atoms with E-state index >= 15 is 0 Å². The molecule has 0 radical (unpaired) electrons. The minimum Gasteiger partial charge on any atom is -0.382 e. The highest BCUT2D eigenvalue weighted by Gasteiger charge is 2.21. The van der Waals surface area contributed by atoms with Gasteiger partial charge in [-0.15, -0.1) is 0 Å². The molecule has 0 saturated heterocycles. The van der Waals surface area contributed by atoms with Crippen LogP contribution in [0, 0.1) is 0 Å². The molecule has 1 amide bonds. The van der Waals surface area contributed by atoms with Gasteiger partial charge in [-0.1, -0.05) is 0 Å². The summed E-state index contributed by atoms with van der Waals surface area (Å²) in [4.78, 5) is 13.5. The molecule has 20 heavy (non-hydrogen) atoms. The summed E-state index contributed by atoms with van der Waals surface area (Å²) in [5, 5.41) is 3.31. The van der Waals surface area contributed by atoms with Crippen molar-refractivity contribution < 1.29 is 13.2 Å². The Hall–Kier alpha value is -1.35. The van der Waals surface area contributed by atoms with E-state index in [2.05, 4.69) is 9.69 Å². The van der Waals surface area contributed by atoms with E-state index in [-0.39, 0.29) is 16.6 Å². The van der Waals surface area contributed by atoms with Crippen LogP contribution < -0.4 is 11.1 Å². The molecule has 0 saturated carbocycles. The highest BCUT2D eigenvalue weighted by molar-refractivity contribution is 7.91. The number of sulfone groups is 1. The third-order valence-electron chi connectivity index (χ3n) is 2.79. The fourth-order valence-electron chi connectivity index (χ4n) is 1.78. The number of amides is 1. The lowest BCUT2D eigenvalue weighted by molar-refractivity contribution is -0.130. The van der Waals surface area contributed by atoms with Crippen molar-refractivity contribution in [2.45, 2.75) is 25.2 Å². The van der Waals surface area contributed by atoms with Crippen LogP contribution in [0.3, 0.4) is 0 Å². The van der Waals surface area contributed by atoms with Gasteiger partial charge in [0.05, 0.1) is 0 Å². The first-order chi connectivity index (χ1) is 9.31. The zero-order valence-corrected chi connectivity index (χ0v) is 13.5. The molecule has 0 aliphatic carbocycles. The van der Waals surface area contributed by atoms with Crippen molar-refractivity contribution in [1.29, 1.82) is 0 Å². The van der Waals surface area contributed by atoms with E-state index in [0.717, 1.165) is 17.8 Å². The molecule has 0 aliphatic heterocycles. The molecule has 1 aromatic rings. The predicted molar refractivity (Wildman–Crippen MR) is 80.7 cm³/mol. The fourth-order valence-corrected chi connectivity index (χ4v) is 3.88. The third-order valence-corrected chi connectivity index (χ3v) is 4.89. The number of nitrogens with two attached hydrogens (primary N) is 1. The lowest BCUT2D eigenvalue weighted by atomic mass is 10.3. The van der Waals surface area contributed by atoms with Crippen molar-refractivity contribution in [2.75, 3.05) is 36.9 Å². The topological polar surface area (TPSA) is 105 Å². The molecule has 114 valence electrons. The van der Waals surface area contributed by atoms with Crippen molar-refractivity contribution in [3.05, 3.63) is 0 Å². The fraction of sp³-hybridized carbons (Fsp3) is 0.636. The van der Waals surface area contributed by atoms with Crippen LogP contribution in [0.4, 0.5) is 10.8 Å². The largest absolute Gasteiger partial charge is 0.382 e. The normalized spacial score (nSPS) is 11.3. The molecule has 0 unspecified atom stereocenters. The summed E-state index contributed by atoms with van der Waals surface area (Å²) in [5.74, 6) is 0.0240. The zero-order valence-electron chi connectivity index (χ0n) is 11.8. The van der Waals surface area contributed by atoms with Gasteiger partial charge in [0.15, 0.2) is 15.7 Å². The maximum Gasteiger partial charge on any atom is 0.224 e. The average molecular weight is 320 g/mol. The summed E-state index contributed by atoms with van der Waals surface area (Å²) in [6, 6.07) is 0. The van der Waals surface area contributed by atoms with E-state index in [1.807, 2.05) is 13.8 Å². The van der Waals surface area contributed by atoms with Gasteiger partial charge in [0.1, 0.15) is 9.90 Å². The second-order valence-electron chi connectivity index (χ2n) is 4.24. The standard InChI is InChI=1S/C11H20N4O3S2/c1-4-15(5-2)8(16)6-7-13-11-9(20(3,17)18)10(12)14-19-11/h13H,4-7H2,1-3H3,(H2,12,14). The Morgan fingerprint density at radius 3 is 2.50 bits per heavy atom. The number of nitrogens with zero attached hydrogens (tertiary/aromatic N) is 2. The Bertz CT molecular complexity index is 564. The van der Waals surface area contributed by atoms with Gasteiger partial charge >= 0.3 is 0 Å². The SMILES string of the molecule is CCN(CC)C(=O)CCNc1snc(N)c1S(C)(=O)=O. The number of aromatic nitrogens is 1. The molecule has 7 nitrogen and oxygen atoms in total. The minimum atomic E-state index is -3.43. The molecule has 0 aliphatic rings. The molecule has 0 spiro atoms. The minimum absolute atomic E-state index is 0.00457. The quantitative estimate of drug-likeness (QED) is 0.770. The summed E-state index contributed by atoms with van der Waals surface area (Å²) >= 11 is 0.984. The second kappa shape index (κ2) is 6.89. The molecule has 1 rings (SSSR count). The highest BCUT2D eigenvalue weighted by Crippen LogP contribution is 2.31. The molecule has 1 aromatic heterocycles. The van der Waals surface area contributed by atoms with Crippen LogP contribution >= 0.6 is 11.5 Å². The summed E-state index contributed by atoms with van der Waals surface area (Å²) in [6.07, 6.45) is 1.38. The summed E-state index contributed by atoms with van der Waals surface area (Å²) in [6.45, 7) is 5.51. The van der Waals surface area contributed by atoms with Crippen molar-refractivity contribution in [3.8, 4) is 0 Å². The van der Waals surface area contributed by atoms with Crippen LogP contribution in [-0.4, -0.2) is 49.5 Å². The third kappa shape index (κ3) is 4.07. The molecule has 3 N–H and O–H groups in total. The lowest BCUT2D eigenvalue weighted by Gasteiger charge is -2.18. The number of rotatable bonds is 7. The monoisotopic (exact) mass is 320 g/mol. The van der Waals surface area contributed by atoms with Gasteiger partial charge in [-0.3, -0.25) is 4.79 Å². The molecule has 1 heterocycles. The van der Waals surface area contributed by atoms with Gasteiger partial charge in [-0.2, -0.15) is 4.37 Å². The van der Waals surface area contributed by atoms with Crippen molar-refractivity contribution in [3.63, 3.8) is 0 Å². The Labute approximate surface area is 123 Å². The molecule has 0 aromatic carbocycles. The Kier molecular flexibility index (Phi) is 5.75. The smallest absolute Gasteiger partial charge is 0.224 e. The molecule has 0 atom stereocenters. The van der Waals surface area contributed by atoms with Crippen LogP contribution in [0.2, 0.25) is 0 Å². The van der Waals surface area contributed by atoms with Crippen LogP contribution in [0.5, 0.6) is 0 Å². The van der Waals surface area contributed by atoms with Gasteiger partial charge < -0.3 is 16.0 Å². The Balaban J connectivity index is 2.66. The van der Waals surface area contributed by atoms with Gasteiger partial charge in [0.2, 0.25) is 5.91 Å². The maximum atomic E-state index is 11.8. The molecular weight excluding hydrogens is 300 g/mol. The van der Waals surface area contributed by atoms with Gasteiger partial charge in [0.25, 0.3) is 0 Å². The first-order valence-electron chi connectivity index (χ1n) is 6.28. The number of hydrogen-bond acceptors (Lipinski definition) is 7. The number of carbonyl (C=O) groups excluding carboxylic acids is 1. The number of anilines is 2. The van der Waals surface area contributed by atoms with E-state index in [1.165, 1.54) is 0 Å². The molecule has 0 bridgehead atoms. The van der Waals surface area contributed by atoms with Gasteiger partial charge in [-0.05, 0) is 25.4 Å². The van der Waals surface area contributed by atoms with Crippen molar-refractivity contribution in [1.82, 2.24) is 9.27 Å². The second-order valence-corrected chi connectivity index (χ2v) is 6.97. The first-order valence-corrected chi connectivity index (χ1v) is 8.94. The number of carbonyl (C=O) groups is 1. The van der Waals surface area contributed by atoms with E-state index in [1.54, 1.807) is 4.90 Å². The Morgan fingerprint density at radius 2 is 2.00 bits per heavy atom. The molecular formula is C11H20N4O3S2. The van der Waals surface area contributed by atoms with Crippen LogP contribution in [0.15, 0.2) is 4.90 Å². The molecule has 0 fully saturated rings. The Morgan fingerprint density at radius 1 is 1.40 bits per heavy atom. The predicted octanol–water partition coefficient (Wildman–Crippen LogP) is 0.799. The average Bonchev–Trinajstić information content (AvgIpc) is 2.72. The molecule has 9 heteroatoms. The lowest BCUT2D eigenvalue weighted by Crippen LogP contribution is -2.31. The van der Waals surface area contributed by atoms with Crippen LogP contribution in [0.25, 0.3) is 0 Å². The highest BCUT2D eigenvalue weighted by atomic mass is 32.2. The number of nitrogens with one attached hydrogen (secondary N) is 1. The van der Waals surface area contributed by atoms with Gasteiger partial charge in [-0.25, -0.2) is 8.42 Å². The summed E-state index contributed by atoms with van der Waals surface area (Å²) in [5.41, 5.74) is 5.56. The van der Waals surface area contributed by atoms with Crippen LogP contribution in [0.1, 0.15) is 20.3 Å². The van der Waals surface area contributed by atoms with E-state index in [4.69, 9.17) is 5.73 Å². The summed E-state index contributed by atoms with van der Waals surface area (Å²) in [7, 11) is -3.43. The van der Waals surface area contributed by atoms with Crippen LogP contribution in [-0.2, 0) is 14.6 Å². The number of nitrogen functional groups attached to an aromatic ring is 1.